The quantitative estimate of drug-likeness (QED) is 0.838. The first-order chi connectivity index (χ1) is 8.63. The molecule has 0 bridgehead atoms. The van der Waals surface area contributed by atoms with Gasteiger partial charge in [0.2, 0.25) is 11.9 Å². The maximum atomic E-state index is 11.7. The molecule has 1 atom stereocenters. The highest BCUT2D eigenvalue weighted by atomic mass is 35.5. The standard InChI is InChI=1S/C12H12ClN3O2/c1-6-11(17)15-12-14-5-7-8(16(6)12)3-4-9(18-2)10(7)13/h3-4,6H,5H2,1-2H3,(H,14,15,17). The summed E-state index contributed by atoms with van der Waals surface area (Å²) in [7, 11) is 1.58. The van der Waals surface area contributed by atoms with E-state index >= 15 is 0 Å². The van der Waals surface area contributed by atoms with Crippen LogP contribution in [0.25, 0.3) is 0 Å². The van der Waals surface area contributed by atoms with Gasteiger partial charge in [-0.05, 0) is 19.1 Å². The van der Waals surface area contributed by atoms with E-state index in [0.29, 0.717) is 23.3 Å². The lowest BCUT2D eigenvalue weighted by Crippen LogP contribution is -2.37. The van der Waals surface area contributed by atoms with Crippen molar-refractivity contribution in [1.82, 2.24) is 5.32 Å². The molecule has 1 fully saturated rings. The number of carbonyl (C=O) groups excluding carboxylic acids is 1. The van der Waals surface area contributed by atoms with Crippen LogP contribution >= 0.6 is 11.6 Å². The van der Waals surface area contributed by atoms with Gasteiger partial charge in [-0.1, -0.05) is 11.6 Å². The zero-order chi connectivity index (χ0) is 12.9. The van der Waals surface area contributed by atoms with Crippen LogP contribution in [0.5, 0.6) is 5.75 Å². The largest absolute Gasteiger partial charge is 0.495 e. The highest BCUT2D eigenvalue weighted by molar-refractivity contribution is 6.33. The van der Waals surface area contributed by atoms with Crippen molar-refractivity contribution >= 4 is 29.2 Å². The lowest BCUT2D eigenvalue weighted by Gasteiger charge is -2.28. The van der Waals surface area contributed by atoms with Crippen LogP contribution in [0.1, 0.15) is 12.5 Å². The van der Waals surface area contributed by atoms with Crippen molar-refractivity contribution in [3.63, 3.8) is 0 Å². The van der Waals surface area contributed by atoms with E-state index in [-0.39, 0.29) is 11.9 Å². The Labute approximate surface area is 109 Å². The van der Waals surface area contributed by atoms with Gasteiger partial charge >= 0.3 is 0 Å². The summed E-state index contributed by atoms with van der Waals surface area (Å²) in [5, 5.41) is 3.32. The fourth-order valence-corrected chi connectivity index (χ4v) is 2.59. The second-order valence-electron chi connectivity index (χ2n) is 4.25. The van der Waals surface area contributed by atoms with E-state index < -0.39 is 0 Å². The number of fused-ring (bicyclic) bond motifs is 3. The molecule has 2 aliphatic rings. The number of methoxy groups -OCH3 is 1. The minimum absolute atomic E-state index is 0.0476. The van der Waals surface area contributed by atoms with Crippen LogP contribution in [0, 0.1) is 0 Å². The minimum Gasteiger partial charge on any atom is -0.495 e. The Morgan fingerprint density at radius 1 is 1.56 bits per heavy atom. The Morgan fingerprint density at radius 2 is 2.33 bits per heavy atom. The lowest BCUT2D eigenvalue weighted by atomic mass is 10.1. The summed E-state index contributed by atoms with van der Waals surface area (Å²) in [5.74, 6) is 1.18. The maximum absolute atomic E-state index is 11.7. The monoisotopic (exact) mass is 265 g/mol. The number of rotatable bonds is 1. The topological polar surface area (TPSA) is 53.9 Å². The molecule has 0 aromatic heterocycles. The van der Waals surface area contributed by atoms with Crippen LogP contribution in [0.15, 0.2) is 17.1 Å². The van der Waals surface area contributed by atoms with Crippen LogP contribution in [0.4, 0.5) is 5.69 Å². The van der Waals surface area contributed by atoms with E-state index in [4.69, 9.17) is 16.3 Å². The van der Waals surface area contributed by atoms with Crippen LogP contribution < -0.4 is 15.0 Å². The summed E-state index contributed by atoms with van der Waals surface area (Å²) in [5.41, 5.74) is 1.81. The Morgan fingerprint density at radius 3 is 3.06 bits per heavy atom. The number of aliphatic imine (C=N–C) groups is 1. The van der Waals surface area contributed by atoms with E-state index in [9.17, 15) is 4.79 Å². The predicted octanol–water partition coefficient (Wildman–Crippen LogP) is 1.54. The average Bonchev–Trinajstić information content (AvgIpc) is 2.66. The second-order valence-corrected chi connectivity index (χ2v) is 4.63. The van der Waals surface area contributed by atoms with E-state index in [1.807, 2.05) is 17.9 Å². The molecule has 0 aliphatic carbocycles. The van der Waals surface area contributed by atoms with Crippen molar-refractivity contribution in [1.29, 1.82) is 0 Å². The van der Waals surface area contributed by atoms with E-state index in [2.05, 4.69) is 10.3 Å². The lowest BCUT2D eigenvalue weighted by molar-refractivity contribution is -0.119. The third-order valence-corrected chi connectivity index (χ3v) is 3.69. The van der Waals surface area contributed by atoms with Gasteiger partial charge < -0.3 is 4.74 Å². The summed E-state index contributed by atoms with van der Waals surface area (Å²) in [4.78, 5) is 17.9. The highest BCUT2D eigenvalue weighted by Crippen LogP contribution is 2.39. The second kappa shape index (κ2) is 3.88. The molecule has 1 N–H and O–H groups in total. The Balaban J connectivity index is 2.14. The summed E-state index contributed by atoms with van der Waals surface area (Å²) in [6.45, 7) is 2.29. The SMILES string of the molecule is COc1ccc2c(c1Cl)CN=C1NC(=O)C(C)N12. The molecule has 1 aromatic carbocycles. The summed E-state index contributed by atoms with van der Waals surface area (Å²) in [6, 6.07) is 3.44. The van der Waals surface area contributed by atoms with Gasteiger partial charge in [0.05, 0.1) is 24.4 Å². The molecule has 0 radical (unpaired) electrons. The number of benzene rings is 1. The van der Waals surface area contributed by atoms with E-state index in [1.54, 1.807) is 13.2 Å². The number of anilines is 1. The van der Waals surface area contributed by atoms with Crippen LogP contribution in [0.2, 0.25) is 5.02 Å². The van der Waals surface area contributed by atoms with Crippen molar-refractivity contribution < 1.29 is 9.53 Å². The number of hydrogen-bond donors (Lipinski definition) is 1. The van der Waals surface area contributed by atoms with Crippen molar-refractivity contribution in [2.45, 2.75) is 19.5 Å². The Bertz CT molecular complexity index is 571. The zero-order valence-electron chi connectivity index (χ0n) is 10.0. The number of guanidine groups is 1. The van der Waals surface area contributed by atoms with Crippen LogP contribution in [-0.4, -0.2) is 25.0 Å². The van der Waals surface area contributed by atoms with Crippen molar-refractivity contribution in [3.8, 4) is 5.75 Å². The molecular weight excluding hydrogens is 254 g/mol. The number of hydrogen-bond acceptors (Lipinski definition) is 4. The van der Waals surface area contributed by atoms with Gasteiger partial charge in [-0.15, -0.1) is 0 Å². The number of halogens is 1. The van der Waals surface area contributed by atoms with Crippen molar-refractivity contribution in [3.05, 3.63) is 22.7 Å². The molecule has 3 rings (SSSR count). The molecule has 2 heterocycles. The fourth-order valence-electron chi connectivity index (χ4n) is 2.29. The van der Waals surface area contributed by atoms with Gasteiger partial charge in [-0.25, -0.2) is 4.99 Å². The Kier molecular flexibility index (Phi) is 2.45. The third kappa shape index (κ3) is 1.40. The third-order valence-electron chi connectivity index (χ3n) is 3.28. The fraction of sp³-hybridized carbons (Fsp3) is 0.333. The van der Waals surface area contributed by atoms with Crippen molar-refractivity contribution in [2.75, 3.05) is 12.0 Å². The normalized spacial score (nSPS) is 21.1. The van der Waals surface area contributed by atoms with E-state index in [1.165, 1.54) is 0 Å². The minimum atomic E-state index is -0.271. The smallest absolute Gasteiger partial charge is 0.249 e. The molecule has 5 nitrogen and oxygen atoms in total. The first kappa shape index (κ1) is 11.3. The zero-order valence-corrected chi connectivity index (χ0v) is 10.8. The molecule has 6 heteroatoms. The number of amides is 1. The van der Waals surface area contributed by atoms with Gasteiger partial charge in [0.25, 0.3) is 0 Å². The van der Waals surface area contributed by atoms with Crippen molar-refractivity contribution in [2.24, 2.45) is 4.99 Å². The average molecular weight is 266 g/mol. The summed E-state index contributed by atoms with van der Waals surface area (Å²) < 4.78 is 5.19. The van der Waals surface area contributed by atoms with Gasteiger partial charge in [0.15, 0.2) is 0 Å². The number of carbonyl (C=O) groups is 1. The summed E-state index contributed by atoms with van der Waals surface area (Å²) >= 11 is 6.28. The Hall–Kier alpha value is -1.75. The maximum Gasteiger partial charge on any atom is 0.249 e. The molecule has 1 aromatic rings. The van der Waals surface area contributed by atoms with Crippen LogP contribution in [0.3, 0.4) is 0 Å². The molecule has 1 amide bonds. The number of nitrogens with one attached hydrogen (secondary N) is 1. The van der Waals surface area contributed by atoms with Gasteiger partial charge in [-0.2, -0.15) is 0 Å². The van der Waals surface area contributed by atoms with Crippen LogP contribution in [-0.2, 0) is 11.3 Å². The number of nitrogens with zero attached hydrogens (tertiary/aromatic N) is 2. The molecule has 1 saturated heterocycles. The van der Waals surface area contributed by atoms with Gasteiger partial charge in [-0.3, -0.25) is 15.0 Å². The molecule has 94 valence electrons. The predicted molar refractivity (Wildman–Crippen MR) is 69.2 cm³/mol. The molecule has 2 aliphatic heterocycles. The van der Waals surface area contributed by atoms with E-state index in [0.717, 1.165) is 11.3 Å². The molecule has 1 unspecified atom stereocenters. The molecule has 0 spiro atoms. The number of ether oxygens (including phenoxy) is 1. The molecular formula is C12H12ClN3O2. The molecule has 18 heavy (non-hydrogen) atoms. The first-order valence-corrected chi connectivity index (χ1v) is 6.01. The highest BCUT2D eigenvalue weighted by Gasteiger charge is 2.38. The van der Waals surface area contributed by atoms with Gasteiger partial charge in [0.1, 0.15) is 11.8 Å². The van der Waals surface area contributed by atoms with Gasteiger partial charge in [0, 0.05) is 5.56 Å². The first-order valence-electron chi connectivity index (χ1n) is 5.63. The summed E-state index contributed by atoms with van der Waals surface area (Å²) in [6.07, 6.45) is 0. The molecule has 0 saturated carbocycles.